The average molecular weight is 473 g/mol. The van der Waals surface area contributed by atoms with Crippen molar-refractivity contribution in [1.82, 2.24) is 25.4 Å². The van der Waals surface area contributed by atoms with E-state index in [1.165, 1.54) is 0 Å². The van der Waals surface area contributed by atoms with Gasteiger partial charge in [-0.05, 0) is 51.0 Å². The zero-order chi connectivity index (χ0) is 23.6. The molecule has 174 valence electrons. The van der Waals surface area contributed by atoms with Crippen LogP contribution >= 0.6 is 11.6 Å². The highest BCUT2D eigenvalue weighted by molar-refractivity contribution is 6.34. The molecule has 3 heterocycles. The van der Waals surface area contributed by atoms with Crippen LogP contribution in [0.15, 0.2) is 34.9 Å². The standard InChI is InChI=1S/C22H25ClN6O4/c1-22(2,3)32-19(30)13-29-25-21(24-27-29)17-12-18(26-33-17)28-10-8-14(9-11-28)20(31)15-6-4-5-7-16(15)23/h4-7,12,14H,8-11,13H2,1-3H3. The summed E-state index contributed by atoms with van der Waals surface area (Å²) >= 11 is 6.18. The topological polar surface area (TPSA) is 116 Å². The van der Waals surface area contributed by atoms with Gasteiger partial charge in [-0.1, -0.05) is 28.9 Å². The molecule has 0 unspecified atom stereocenters. The van der Waals surface area contributed by atoms with Crippen LogP contribution in [-0.2, 0) is 16.1 Å². The summed E-state index contributed by atoms with van der Waals surface area (Å²) in [6.45, 7) is 6.53. The van der Waals surface area contributed by atoms with Crippen molar-refractivity contribution in [2.45, 2.75) is 45.8 Å². The Morgan fingerprint density at radius 2 is 1.94 bits per heavy atom. The molecule has 1 aliphatic heterocycles. The number of benzene rings is 1. The molecule has 0 saturated carbocycles. The summed E-state index contributed by atoms with van der Waals surface area (Å²) in [6.07, 6.45) is 1.38. The molecular weight excluding hydrogens is 448 g/mol. The SMILES string of the molecule is CC(C)(C)OC(=O)Cn1nnc(-c2cc(N3CCC(C(=O)c4ccccc4Cl)CC3)no2)n1. The zero-order valence-electron chi connectivity index (χ0n) is 18.7. The molecule has 10 nitrogen and oxygen atoms in total. The Labute approximate surface area is 195 Å². The second-order valence-corrected chi connectivity index (χ2v) is 9.29. The lowest BCUT2D eigenvalue weighted by Gasteiger charge is -2.31. The minimum absolute atomic E-state index is 0.0758. The molecule has 0 radical (unpaired) electrons. The van der Waals surface area contributed by atoms with E-state index in [0.717, 1.165) is 4.80 Å². The number of carbonyl (C=O) groups is 2. The fourth-order valence-corrected chi connectivity index (χ4v) is 3.90. The lowest BCUT2D eigenvalue weighted by molar-refractivity contribution is -0.156. The first-order valence-electron chi connectivity index (χ1n) is 10.7. The number of carbonyl (C=O) groups excluding carboxylic acids is 2. The maximum absolute atomic E-state index is 12.8. The molecule has 0 N–H and O–H groups in total. The quantitative estimate of drug-likeness (QED) is 0.392. The third-order valence-corrected chi connectivity index (χ3v) is 5.52. The van der Waals surface area contributed by atoms with Gasteiger partial charge in [-0.2, -0.15) is 4.80 Å². The number of tetrazole rings is 1. The van der Waals surface area contributed by atoms with E-state index in [0.29, 0.717) is 48.1 Å². The average Bonchev–Trinajstić information content (AvgIpc) is 3.42. The van der Waals surface area contributed by atoms with Crippen LogP contribution in [0.2, 0.25) is 5.02 Å². The van der Waals surface area contributed by atoms with Crippen LogP contribution in [0.4, 0.5) is 5.82 Å². The van der Waals surface area contributed by atoms with Crippen molar-refractivity contribution in [3.63, 3.8) is 0 Å². The van der Waals surface area contributed by atoms with E-state index in [1.54, 1.807) is 39.0 Å². The summed E-state index contributed by atoms with van der Waals surface area (Å²) in [6, 6.07) is 8.87. The van der Waals surface area contributed by atoms with Gasteiger partial charge < -0.3 is 14.2 Å². The van der Waals surface area contributed by atoms with Gasteiger partial charge in [-0.25, -0.2) is 4.79 Å². The third-order valence-electron chi connectivity index (χ3n) is 5.19. The summed E-state index contributed by atoms with van der Waals surface area (Å²) in [7, 11) is 0. The van der Waals surface area contributed by atoms with Crippen LogP contribution in [0.25, 0.3) is 11.6 Å². The predicted octanol–water partition coefficient (Wildman–Crippen LogP) is 3.42. The first-order chi connectivity index (χ1) is 15.7. The molecule has 0 amide bonds. The Hall–Kier alpha value is -3.27. The Balaban J connectivity index is 1.35. The van der Waals surface area contributed by atoms with Gasteiger partial charge in [0.25, 0.3) is 0 Å². The monoisotopic (exact) mass is 472 g/mol. The molecule has 4 rings (SSSR count). The summed E-state index contributed by atoms with van der Waals surface area (Å²) in [5.74, 6) is 0.737. The molecule has 11 heteroatoms. The summed E-state index contributed by atoms with van der Waals surface area (Å²) in [4.78, 5) is 28.0. The Morgan fingerprint density at radius 1 is 1.21 bits per heavy atom. The number of Topliss-reactive ketones (excluding diaryl/α,β-unsaturated/α-hetero) is 1. The molecule has 2 aromatic heterocycles. The molecule has 33 heavy (non-hydrogen) atoms. The number of anilines is 1. The Morgan fingerprint density at radius 3 is 2.64 bits per heavy atom. The van der Waals surface area contributed by atoms with E-state index < -0.39 is 11.6 Å². The van der Waals surface area contributed by atoms with Crippen molar-refractivity contribution < 1.29 is 18.8 Å². The number of hydrogen-bond acceptors (Lipinski definition) is 9. The third kappa shape index (κ3) is 5.57. The number of halogens is 1. The molecule has 1 aliphatic rings. The minimum atomic E-state index is -0.592. The molecule has 1 aromatic carbocycles. The van der Waals surface area contributed by atoms with Crippen molar-refractivity contribution in [3.05, 3.63) is 40.9 Å². The molecule has 0 aliphatic carbocycles. The zero-order valence-corrected chi connectivity index (χ0v) is 19.4. The highest BCUT2D eigenvalue weighted by Gasteiger charge is 2.28. The molecule has 3 aromatic rings. The largest absolute Gasteiger partial charge is 0.459 e. The molecule has 0 atom stereocenters. The summed E-state index contributed by atoms with van der Waals surface area (Å²) in [5, 5.41) is 16.6. The molecule has 1 saturated heterocycles. The number of hydrogen-bond donors (Lipinski definition) is 0. The summed E-state index contributed by atoms with van der Waals surface area (Å²) in [5.41, 5.74) is -0.0203. The van der Waals surface area contributed by atoms with E-state index in [2.05, 4.69) is 25.5 Å². The number of ether oxygens (including phenoxy) is 1. The second kappa shape index (κ2) is 9.30. The first kappa shape index (κ1) is 22.9. The second-order valence-electron chi connectivity index (χ2n) is 8.88. The predicted molar refractivity (Wildman–Crippen MR) is 120 cm³/mol. The molecule has 0 bridgehead atoms. The molecular formula is C22H25ClN6O4. The van der Waals surface area contributed by atoms with Crippen LogP contribution < -0.4 is 4.90 Å². The normalized spacial score (nSPS) is 15.0. The number of piperidine rings is 1. The fraction of sp³-hybridized carbons (Fsp3) is 0.455. The smallest absolute Gasteiger partial charge is 0.330 e. The summed E-state index contributed by atoms with van der Waals surface area (Å²) < 4.78 is 10.7. The maximum atomic E-state index is 12.8. The van der Waals surface area contributed by atoms with E-state index in [1.807, 2.05) is 12.1 Å². The minimum Gasteiger partial charge on any atom is -0.459 e. The van der Waals surface area contributed by atoms with Gasteiger partial charge in [-0.15, -0.1) is 10.2 Å². The van der Waals surface area contributed by atoms with Crippen molar-refractivity contribution in [2.24, 2.45) is 5.92 Å². The van der Waals surface area contributed by atoms with Crippen LogP contribution in [0.3, 0.4) is 0 Å². The van der Waals surface area contributed by atoms with E-state index in [4.69, 9.17) is 20.9 Å². The number of nitrogens with zero attached hydrogens (tertiary/aromatic N) is 6. The molecule has 1 fully saturated rings. The van der Waals surface area contributed by atoms with Crippen LogP contribution in [0, 0.1) is 5.92 Å². The van der Waals surface area contributed by atoms with Crippen LogP contribution in [0.1, 0.15) is 44.0 Å². The number of rotatable bonds is 6. The van der Waals surface area contributed by atoms with Gasteiger partial charge in [-0.3, -0.25) is 4.79 Å². The van der Waals surface area contributed by atoms with Crippen LogP contribution in [-0.4, -0.2) is 55.8 Å². The highest BCUT2D eigenvalue weighted by atomic mass is 35.5. The van der Waals surface area contributed by atoms with Crippen LogP contribution in [0.5, 0.6) is 0 Å². The van der Waals surface area contributed by atoms with Gasteiger partial charge in [0.2, 0.25) is 11.6 Å². The van der Waals surface area contributed by atoms with Gasteiger partial charge in [0.15, 0.2) is 18.1 Å². The first-order valence-corrected chi connectivity index (χ1v) is 11.1. The van der Waals surface area contributed by atoms with Crippen molar-refractivity contribution in [1.29, 1.82) is 0 Å². The molecule has 0 spiro atoms. The highest BCUT2D eigenvalue weighted by Crippen LogP contribution is 2.29. The Kier molecular flexibility index (Phi) is 6.46. The number of aromatic nitrogens is 5. The van der Waals surface area contributed by atoms with Crippen molar-refractivity contribution >= 4 is 29.2 Å². The van der Waals surface area contributed by atoms with Crippen molar-refractivity contribution in [2.75, 3.05) is 18.0 Å². The number of ketones is 1. The van der Waals surface area contributed by atoms with E-state index in [9.17, 15) is 9.59 Å². The van der Waals surface area contributed by atoms with Gasteiger partial charge in [0.1, 0.15) is 5.60 Å². The van der Waals surface area contributed by atoms with Gasteiger partial charge >= 0.3 is 5.97 Å². The van der Waals surface area contributed by atoms with Crippen molar-refractivity contribution in [3.8, 4) is 11.6 Å². The fourth-order valence-electron chi connectivity index (χ4n) is 3.67. The lowest BCUT2D eigenvalue weighted by Crippen LogP contribution is -2.36. The van der Waals surface area contributed by atoms with Gasteiger partial charge in [0.05, 0.1) is 5.02 Å². The lowest BCUT2D eigenvalue weighted by atomic mass is 9.89. The number of esters is 1. The Bertz CT molecular complexity index is 1140. The maximum Gasteiger partial charge on any atom is 0.330 e. The van der Waals surface area contributed by atoms with E-state index >= 15 is 0 Å². The van der Waals surface area contributed by atoms with Gasteiger partial charge in [0, 0.05) is 30.6 Å². The van der Waals surface area contributed by atoms with E-state index in [-0.39, 0.29) is 24.1 Å².